The molecule has 0 aliphatic carbocycles. The molecule has 0 aliphatic rings. The minimum Gasteiger partial charge on any atom is -0.309 e. The topological polar surface area (TPSA) is 17.1 Å². The maximum Gasteiger partial charge on any atom is 0.171 e. The molecule has 2 heteroatoms. The van der Waals surface area contributed by atoms with E-state index < -0.39 is 7.14 Å². The largest absolute Gasteiger partial charge is 0.309 e. The van der Waals surface area contributed by atoms with Gasteiger partial charge in [0.05, 0.1) is 0 Å². The molecule has 0 fully saturated rings. The lowest BCUT2D eigenvalue weighted by molar-refractivity contribution is 0.592. The molecule has 0 N–H and O–H groups in total. The molecule has 8 rings (SSSR count). The summed E-state index contributed by atoms with van der Waals surface area (Å²) in [7, 11) is -3.13. The van der Waals surface area contributed by atoms with Crippen LogP contribution in [-0.2, 0) is 4.57 Å². The molecule has 0 amide bonds. The van der Waals surface area contributed by atoms with Crippen LogP contribution in [0.3, 0.4) is 0 Å². The van der Waals surface area contributed by atoms with Crippen LogP contribution in [0.15, 0.2) is 164 Å². The average molecular weight is 555 g/mol. The zero-order valence-electron chi connectivity index (χ0n) is 22.9. The number of fused-ring (bicyclic) bond motifs is 5. The maximum atomic E-state index is 15.3. The van der Waals surface area contributed by atoms with E-state index in [1.165, 1.54) is 32.3 Å². The molecule has 0 heterocycles. The van der Waals surface area contributed by atoms with Gasteiger partial charge in [0.25, 0.3) is 0 Å². The summed E-state index contributed by atoms with van der Waals surface area (Å²) in [4.78, 5) is 0. The van der Waals surface area contributed by atoms with E-state index in [4.69, 9.17) is 0 Å². The predicted molar refractivity (Wildman–Crippen MR) is 181 cm³/mol. The molecule has 1 atom stereocenters. The minimum atomic E-state index is -3.13. The van der Waals surface area contributed by atoms with Gasteiger partial charge in [0.1, 0.15) is 0 Å². The first kappa shape index (κ1) is 24.8. The van der Waals surface area contributed by atoms with Crippen molar-refractivity contribution in [3.63, 3.8) is 0 Å². The monoisotopic (exact) mass is 554 g/mol. The number of hydrogen-bond donors (Lipinski definition) is 0. The van der Waals surface area contributed by atoms with Crippen molar-refractivity contribution in [3.8, 4) is 11.1 Å². The van der Waals surface area contributed by atoms with Crippen molar-refractivity contribution in [1.29, 1.82) is 0 Å². The summed E-state index contributed by atoms with van der Waals surface area (Å²) >= 11 is 0. The Morgan fingerprint density at radius 3 is 1.69 bits per heavy atom. The van der Waals surface area contributed by atoms with Crippen molar-refractivity contribution in [2.24, 2.45) is 0 Å². The first-order chi connectivity index (χ1) is 20.7. The summed E-state index contributed by atoms with van der Waals surface area (Å²) in [6.07, 6.45) is 0. The third-order valence-electron chi connectivity index (χ3n) is 8.49. The summed E-state index contributed by atoms with van der Waals surface area (Å²) in [6.45, 7) is 0. The van der Waals surface area contributed by atoms with E-state index in [1.807, 2.05) is 54.6 Å². The lowest BCUT2D eigenvalue weighted by atomic mass is 9.95. The van der Waals surface area contributed by atoms with Gasteiger partial charge in [-0.1, -0.05) is 146 Å². The van der Waals surface area contributed by atoms with Gasteiger partial charge in [-0.15, -0.1) is 0 Å². The molecule has 1 nitrogen and oxygen atoms in total. The second-order valence-corrected chi connectivity index (χ2v) is 13.6. The molecule has 0 spiro atoms. The van der Waals surface area contributed by atoms with Crippen LogP contribution in [-0.4, -0.2) is 0 Å². The van der Waals surface area contributed by atoms with Crippen molar-refractivity contribution >= 4 is 66.1 Å². The highest BCUT2D eigenvalue weighted by Crippen LogP contribution is 2.44. The fraction of sp³-hybridized carbons (Fsp3) is 0. The summed E-state index contributed by atoms with van der Waals surface area (Å²) in [5.74, 6) is 0. The van der Waals surface area contributed by atoms with Crippen molar-refractivity contribution in [2.45, 2.75) is 0 Å². The van der Waals surface area contributed by atoms with Gasteiger partial charge in [0, 0.05) is 15.9 Å². The van der Waals surface area contributed by atoms with Gasteiger partial charge in [-0.3, -0.25) is 0 Å². The van der Waals surface area contributed by atoms with Crippen LogP contribution in [0.1, 0.15) is 0 Å². The number of rotatable bonds is 4. The minimum absolute atomic E-state index is 0.839. The number of hydrogen-bond acceptors (Lipinski definition) is 1. The van der Waals surface area contributed by atoms with E-state index in [1.54, 1.807) is 0 Å². The Morgan fingerprint density at radius 1 is 0.333 bits per heavy atom. The van der Waals surface area contributed by atoms with Crippen LogP contribution in [0, 0.1) is 0 Å². The quantitative estimate of drug-likeness (QED) is 0.120. The first-order valence-electron chi connectivity index (χ1n) is 14.3. The molecule has 1 unspecified atom stereocenters. The van der Waals surface area contributed by atoms with Crippen molar-refractivity contribution in [1.82, 2.24) is 0 Å². The van der Waals surface area contributed by atoms with E-state index in [0.717, 1.165) is 37.8 Å². The van der Waals surface area contributed by atoms with Crippen LogP contribution in [0.2, 0.25) is 0 Å². The normalized spacial score (nSPS) is 13.0. The lowest BCUT2D eigenvalue weighted by Crippen LogP contribution is -2.25. The molecule has 0 saturated carbocycles. The van der Waals surface area contributed by atoms with Gasteiger partial charge in [-0.05, 0) is 72.4 Å². The molecular formula is C40H27OP. The van der Waals surface area contributed by atoms with Gasteiger partial charge in [0.15, 0.2) is 7.14 Å². The molecule has 0 bridgehead atoms. The van der Waals surface area contributed by atoms with Crippen LogP contribution < -0.4 is 15.9 Å². The summed E-state index contributed by atoms with van der Waals surface area (Å²) in [5.41, 5.74) is 2.25. The zero-order chi connectivity index (χ0) is 28.1. The first-order valence-corrected chi connectivity index (χ1v) is 16.0. The summed E-state index contributed by atoms with van der Waals surface area (Å²) < 4.78 is 15.3. The Balaban J connectivity index is 1.27. The fourth-order valence-electron chi connectivity index (χ4n) is 6.33. The predicted octanol–water partition coefficient (Wildman–Crippen LogP) is 9.61. The van der Waals surface area contributed by atoms with Gasteiger partial charge in [0.2, 0.25) is 0 Å². The van der Waals surface area contributed by atoms with Crippen molar-refractivity contribution in [2.75, 3.05) is 0 Å². The Bertz CT molecular complexity index is 2310. The average Bonchev–Trinajstić information content (AvgIpc) is 3.07. The highest BCUT2D eigenvalue weighted by atomic mass is 31.2. The summed E-state index contributed by atoms with van der Waals surface area (Å²) in [6, 6.07) is 56.9. The van der Waals surface area contributed by atoms with Crippen LogP contribution >= 0.6 is 7.14 Å². The SMILES string of the molecule is O=P(c1ccccc1)(c1ccc(-c2ccc3ccc4cc5ccccc5cc4c3c2)cc1)c1cccc2ccccc12. The van der Waals surface area contributed by atoms with E-state index in [2.05, 4.69) is 109 Å². The molecule has 8 aromatic carbocycles. The molecule has 0 radical (unpaired) electrons. The van der Waals surface area contributed by atoms with Gasteiger partial charge in [-0.25, -0.2) is 0 Å². The fourth-order valence-corrected chi connectivity index (χ4v) is 9.19. The van der Waals surface area contributed by atoms with Crippen molar-refractivity contribution < 1.29 is 4.57 Å². The van der Waals surface area contributed by atoms with Crippen LogP contribution in [0.5, 0.6) is 0 Å². The second-order valence-electron chi connectivity index (χ2n) is 10.9. The van der Waals surface area contributed by atoms with Gasteiger partial charge in [-0.2, -0.15) is 0 Å². The smallest absolute Gasteiger partial charge is 0.171 e. The Kier molecular flexibility index (Phi) is 5.81. The lowest BCUT2D eigenvalue weighted by Gasteiger charge is -2.22. The molecule has 0 saturated heterocycles. The Labute approximate surface area is 245 Å². The van der Waals surface area contributed by atoms with Crippen LogP contribution in [0.4, 0.5) is 0 Å². The highest BCUT2D eigenvalue weighted by molar-refractivity contribution is 7.85. The molecule has 8 aromatic rings. The van der Waals surface area contributed by atoms with E-state index in [-0.39, 0.29) is 0 Å². The van der Waals surface area contributed by atoms with E-state index >= 15 is 4.57 Å². The molecule has 0 aromatic heterocycles. The third kappa shape index (κ3) is 3.97. The van der Waals surface area contributed by atoms with Crippen LogP contribution in [0.25, 0.3) is 54.2 Å². The second kappa shape index (κ2) is 9.84. The highest BCUT2D eigenvalue weighted by Gasteiger charge is 2.31. The Hall–Kier alpha value is -4.97. The molecule has 0 aliphatic heterocycles. The third-order valence-corrected chi connectivity index (χ3v) is 11.6. The molecule has 42 heavy (non-hydrogen) atoms. The van der Waals surface area contributed by atoms with E-state index in [9.17, 15) is 0 Å². The van der Waals surface area contributed by atoms with Crippen molar-refractivity contribution in [3.05, 3.63) is 164 Å². The molecular weight excluding hydrogens is 527 g/mol. The molecule has 198 valence electrons. The zero-order valence-corrected chi connectivity index (χ0v) is 23.8. The number of benzene rings is 8. The van der Waals surface area contributed by atoms with Gasteiger partial charge < -0.3 is 4.57 Å². The standard InChI is InChI=1S/C40H27OP/c41-42(35-13-2-1-3-14-35,40-16-8-12-29-9-6-7-15-37(29)40)36-23-21-28(22-24-36)33-19-17-30-18-20-34-25-31-10-4-5-11-32(31)26-39(34)38(30)27-33/h1-27H. The van der Waals surface area contributed by atoms with E-state index in [0.29, 0.717) is 0 Å². The summed E-state index contributed by atoms with van der Waals surface area (Å²) in [5, 5.41) is 12.2. The van der Waals surface area contributed by atoms with Gasteiger partial charge >= 0.3 is 0 Å². The Morgan fingerprint density at radius 2 is 0.881 bits per heavy atom. The maximum absolute atomic E-state index is 15.3.